The Morgan fingerprint density at radius 3 is 2.92 bits per heavy atom. The Balaban J connectivity index is 1.98. The van der Waals surface area contributed by atoms with E-state index in [4.69, 9.17) is 0 Å². The van der Waals surface area contributed by atoms with Gasteiger partial charge in [-0.2, -0.15) is 0 Å². The molecule has 72 valence electrons. The van der Waals surface area contributed by atoms with Gasteiger partial charge in [-0.05, 0) is 52.4 Å². The lowest BCUT2D eigenvalue weighted by Crippen LogP contribution is -2.30. The lowest BCUT2D eigenvalue weighted by molar-refractivity contribution is 0.264. The molecule has 2 nitrogen and oxygen atoms in total. The highest BCUT2D eigenvalue weighted by atomic mass is 15.2. The maximum atomic E-state index is 3.36. The first-order valence-corrected chi connectivity index (χ1v) is 5.29. The van der Waals surface area contributed by atoms with Gasteiger partial charge in [0.1, 0.15) is 0 Å². The zero-order chi connectivity index (χ0) is 8.81. The van der Waals surface area contributed by atoms with E-state index in [1.807, 2.05) is 0 Å². The van der Waals surface area contributed by atoms with E-state index in [2.05, 4.69) is 24.1 Å². The average Bonchev–Trinajstić information content (AvgIpc) is 2.46. The highest BCUT2D eigenvalue weighted by Gasteiger charge is 2.18. The van der Waals surface area contributed by atoms with Gasteiger partial charge in [0.15, 0.2) is 0 Å². The molecule has 0 saturated carbocycles. The molecule has 0 aromatic carbocycles. The van der Waals surface area contributed by atoms with E-state index in [9.17, 15) is 0 Å². The monoisotopic (exact) mass is 170 g/mol. The zero-order valence-electron chi connectivity index (χ0n) is 8.47. The fraction of sp³-hybridized carbons (Fsp3) is 1.00. The van der Waals surface area contributed by atoms with Gasteiger partial charge < -0.3 is 10.2 Å². The molecule has 0 bridgehead atoms. The maximum absolute atomic E-state index is 3.36. The first-order chi connectivity index (χ1) is 5.84. The molecule has 1 heterocycles. The van der Waals surface area contributed by atoms with Crippen LogP contribution in [0.25, 0.3) is 0 Å². The molecule has 1 N–H and O–H groups in total. The Labute approximate surface area is 76.3 Å². The number of nitrogens with one attached hydrogen (secondary N) is 1. The molecule has 1 aliphatic rings. The minimum Gasteiger partial charge on any atom is -0.317 e. The third kappa shape index (κ3) is 3.11. The number of nitrogens with zero attached hydrogens (tertiary/aromatic N) is 1. The van der Waals surface area contributed by atoms with E-state index in [0.29, 0.717) is 0 Å². The zero-order valence-corrected chi connectivity index (χ0v) is 8.47. The topological polar surface area (TPSA) is 15.3 Å². The van der Waals surface area contributed by atoms with Crippen LogP contribution >= 0.6 is 0 Å². The summed E-state index contributed by atoms with van der Waals surface area (Å²) in [5.74, 6) is 0. The van der Waals surface area contributed by atoms with Crippen LogP contribution in [-0.4, -0.2) is 37.1 Å². The second-order valence-corrected chi connectivity index (χ2v) is 3.73. The molecule has 1 saturated heterocycles. The van der Waals surface area contributed by atoms with Gasteiger partial charge in [0.25, 0.3) is 0 Å². The predicted octanol–water partition coefficient (Wildman–Crippen LogP) is 1.47. The van der Waals surface area contributed by atoms with Gasteiger partial charge in [-0.25, -0.2) is 0 Å². The molecule has 0 aliphatic carbocycles. The van der Waals surface area contributed by atoms with Crippen molar-refractivity contribution in [3.05, 3.63) is 0 Å². The summed E-state index contributed by atoms with van der Waals surface area (Å²) in [6.07, 6.45) is 4.11. The summed E-state index contributed by atoms with van der Waals surface area (Å²) in [5, 5.41) is 3.36. The third-order valence-electron chi connectivity index (χ3n) is 2.74. The maximum Gasteiger partial charge on any atom is 0.00674 e. The van der Waals surface area contributed by atoms with Gasteiger partial charge >= 0.3 is 0 Å². The summed E-state index contributed by atoms with van der Waals surface area (Å²) in [7, 11) is 0. The molecule has 2 heteroatoms. The summed E-state index contributed by atoms with van der Waals surface area (Å²) >= 11 is 0. The van der Waals surface area contributed by atoms with Crippen LogP contribution in [0.5, 0.6) is 0 Å². The van der Waals surface area contributed by atoms with Crippen molar-refractivity contribution in [3.8, 4) is 0 Å². The van der Waals surface area contributed by atoms with Crippen molar-refractivity contribution in [2.75, 3.05) is 26.2 Å². The molecule has 1 atom stereocenters. The predicted molar refractivity (Wildman–Crippen MR) is 53.4 cm³/mol. The molecule has 1 fully saturated rings. The van der Waals surface area contributed by atoms with Crippen molar-refractivity contribution >= 4 is 0 Å². The van der Waals surface area contributed by atoms with E-state index < -0.39 is 0 Å². The van der Waals surface area contributed by atoms with Crippen molar-refractivity contribution in [1.82, 2.24) is 10.2 Å². The Morgan fingerprint density at radius 2 is 2.33 bits per heavy atom. The largest absolute Gasteiger partial charge is 0.317 e. The quantitative estimate of drug-likeness (QED) is 0.629. The lowest BCUT2D eigenvalue weighted by Gasteiger charge is -2.20. The fourth-order valence-electron chi connectivity index (χ4n) is 1.91. The summed E-state index contributed by atoms with van der Waals surface area (Å²) in [5.41, 5.74) is 0. The minimum absolute atomic E-state index is 0.839. The number of hydrogen-bond acceptors (Lipinski definition) is 2. The van der Waals surface area contributed by atoms with E-state index in [0.717, 1.165) is 12.6 Å². The van der Waals surface area contributed by atoms with Crippen LogP contribution in [-0.2, 0) is 0 Å². The normalized spacial score (nSPS) is 25.0. The summed E-state index contributed by atoms with van der Waals surface area (Å²) in [4.78, 5) is 2.61. The van der Waals surface area contributed by atoms with Crippen LogP contribution in [0.2, 0.25) is 0 Å². The summed E-state index contributed by atoms with van der Waals surface area (Å²) < 4.78 is 0. The molecule has 1 aliphatic heterocycles. The van der Waals surface area contributed by atoms with Crippen LogP contribution in [0.1, 0.15) is 33.1 Å². The van der Waals surface area contributed by atoms with Crippen LogP contribution in [0.15, 0.2) is 0 Å². The van der Waals surface area contributed by atoms with Crippen LogP contribution < -0.4 is 5.32 Å². The molecular formula is C10H22N2. The Kier molecular flexibility index (Phi) is 4.62. The van der Waals surface area contributed by atoms with Gasteiger partial charge in [-0.3, -0.25) is 0 Å². The standard InChI is InChI=1S/C10H22N2/c1-3-11-7-5-9-12-8-4-6-10(12)2/h10-11H,3-9H2,1-2H3. The van der Waals surface area contributed by atoms with E-state index in [1.54, 1.807) is 0 Å². The Hall–Kier alpha value is -0.0800. The second-order valence-electron chi connectivity index (χ2n) is 3.73. The van der Waals surface area contributed by atoms with Gasteiger partial charge in [-0.1, -0.05) is 6.92 Å². The van der Waals surface area contributed by atoms with E-state index >= 15 is 0 Å². The van der Waals surface area contributed by atoms with Gasteiger partial charge in [-0.15, -0.1) is 0 Å². The number of likely N-dealkylation sites (tertiary alicyclic amines) is 1. The summed E-state index contributed by atoms with van der Waals surface area (Å²) in [6, 6.07) is 0.839. The van der Waals surface area contributed by atoms with E-state index in [-0.39, 0.29) is 0 Å². The SMILES string of the molecule is CCNCCCN1CCCC1C. The highest BCUT2D eigenvalue weighted by molar-refractivity contribution is 4.74. The molecule has 0 radical (unpaired) electrons. The van der Waals surface area contributed by atoms with Gasteiger partial charge in [0.2, 0.25) is 0 Å². The molecule has 0 spiro atoms. The molecule has 1 unspecified atom stereocenters. The van der Waals surface area contributed by atoms with Crippen molar-refractivity contribution in [2.45, 2.75) is 39.2 Å². The van der Waals surface area contributed by atoms with Gasteiger partial charge in [0.05, 0.1) is 0 Å². The van der Waals surface area contributed by atoms with Crippen molar-refractivity contribution in [3.63, 3.8) is 0 Å². The fourth-order valence-corrected chi connectivity index (χ4v) is 1.91. The lowest BCUT2D eigenvalue weighted by atomic mass is 10.2. The average molecular weight is 170 g/mol. The first kappa shape index (κ1) is 10.0. The Morgan fingerprint density at radius 1 is 1.50 bits per heavy atom. The first-order valence-electron chi connectivity index (χ1n) is 5.29. The van der Waals surface area contributed by atoms with Crippen LogP contribution in [0.3, 0.4) is 0 Å². The van der Waals surface area contributed by atoms with Gasteiger partial charge in [0, 0.05) is 6.04 Å². The summed E-state index contributed by atoms with van der Waals surface area (Å²) in [6.45, 7) is 9.41. The molecule has 0 aromatic heterocycles. The second kappa shape index (κ2) is 5.55. The van der Waals surface area contributed by atoms with Crippen molar-refractivity contribution in [2.24, 2.45) is 0 Å². The molecule has 12 heavy (non-hydrogen) atoms. The molecular weight excluding hydrogens is 148 g/mol. The highest BCUT2D eigenvalue weighted by Crippen LogP contribution is 2.15. The molecule has 1 rings (SSSR count). The molecule has 0 aromatic rings. The smallest absolute Gasteiger partial charge is 0.00674 e. The Bertz CT molecular complexity index is 114. The van der Waals surface area contributed by atoms with Crippen LogP contribution in [0, 0.1) is 0 Å². The van der Waals surface area contributed by atoms with Crippen molar-refractivity contribution in [1.29, 1.82) is 0 Å². The number of rotatable bonds is 5. The third-order valence-corrected chi connectivity index (χ3v) is 2.74. The van der Waals surface area contributed by atoms with Crippen molar-refractivity contribution < 1.29 is 0 Å². The van der Waals surface area contributed by atoms with E-state index in [1.165, 1.54) is 38.9 Å². The van der Waals surface area contributed by atoms with Crippen LogP contribution in [0.4, 0.5) is 0 Å². The molecule has 0 amide bonds. The number of hydrogen-bond donors (Lipinski definition) is 1. The minimum atomic E-state index is 0.839.